The zero-order valence-corrected chi connectivity index (χ0v) is 15.1. The van der Waals surface area contributed by atoms with Crippen molar-refractivity contribution in [3.05, 3.63) is 40.8 Å². The number of benzene rings is 1. The van der Waals surface area contributed by atoms with Crippen molar-refractivity contribution in [3.63, 3.8) is 0 Å². The number of aromatic nitrogens is 5. The van der Waals surface area contributed by atoms with Crippen molar-refractivity contribution < 1.29 is 13.9 Å². The minimum atomic E-state index is -0.493. The van der Waals surface area contributed by atoms with Gasteiger partial charge in [0.2, 0.25) is 5.91 Å². The molecule has 9 nitrogen and oxygen atoms in total. The predicted molar refractivity (Wildman–Crippen MR) is 97.5 cm³/mol. The number of hydrogen-bond donors (Lipinski definition) is 1. The number of carbonyl (C=O) groups is 1. The minimum Gasteiger partial charge on any atom is -0.494 e. The van der Waals surface area contributed by atoms with E-state index in [4.69, 9.17) is 4.74 Å². The van der Waals surface area contributed by atoms with E-state index in [2.05, 4.69) is 20.3 Å². The van der Waals surface area contributed by atoms with Crippen molar-refractivity contribution in [2.75, 3.05) is 12.4 Å². The molecule has 1 aromatic carbocycles. The predicted octanol–water partition coefficient (Wildman–Crippen LogP) is 1.53. The van der Waals surface area contributed by atoms with Crippen molar-refractivity contribution in [1.82, 2.24) is 24.1 Å². The molecule has 11 heteroatoms. The number of carbonyl (C=O) groups excluding carboxylic acids is 1. The molecule has 0 spiro atoms. The molecule has 0 saturated carbocycles. The fourth-order valence-electron chi connectivity index (χ4n) is 2.61. The molecular formula is C16H13FN6O3S. The first-order chi connectivity index (χ1) is 13.0. The van der Waals surface area contributed by atoms with E-state index in [9.17, 15) is 14.0 Å². The number of nitrogens with zero attached hydrogens (tertiary/aromatic N) is 5. The summed E-state index contributed by atoms with van der Waals surface area (Å²) in [5.74, 6) is -0.753. The molecule has 0 fully saturated rings. The summed E-state index contributed by atoms with van der Waals surface area (Å²) in [7, 11) is 2.96. The number of methoxy groups -OCH3 is 1. The van der Waals surface area contributed by atoms with Gasteiger partial charge in [0.25, 0.3) is 5.56 Å². The monoisotopic (exact) mass is 388 g/mol. The van der Waals surface area contributed by atoms with Crippen LogP contribution >= 0.6 is 11.3 Å². The van der Waals surface area contributed by atoms with Crippen LogP contribution in [-0.2, 0) is 18.4 Å². The molecule has 0 aliphatic carbocycles. The molecule has 0 bridgehead atoms. The summed E-state index contributed by atoms with van der Waals surface area (Å²) in [4.78, 5) is 36.4. The summed E-state index contributed by atoms with van der Waals surface area (Å²) in [5.41, 5.74) is 1.05. The van der Waals surface area contributed by atoms with E-state index in [1.54, 1.807) is 7.05 Å². The summed E-state index contributed by atoms with van der Waals surface area (Å²) >= 11 is 1.16. The molecule has 138 valence electrons. The van der Waals surface area contributed by atoms with Gasteiger partial charge in [-0.25, -0.2) is 19.3 Å². The quantitative estimate of drug-likeness (QED) is 0.569. The fraction of sp³-hybridized carbons (Fsp3) is 0.188. The number of rotatable bonds is 4. The molecule has 0 unspecified atom stereocenters. The van der Waals surface area contributed by atoms with E-state index in [0.29, 0.717) is 26.6 Å². The molecule has 4 aromatic rings. The molecule has 0 atom stereocenters. The van der Waals surface area contributed by atoms with Crippen LogP contribution in [0.25, 0.3) is 21.5 Å². The number of ether oxygens (including phenoxy) is 1. The lowest BCUT2D eigenvalue weighted by atomic mass is 10.3. The van der Waals surface area contributed by atoms with Crippen LogP contribution in [0.5, 0.6) is 5.75 Å². The largest absolute Gasteiger partial charge is 0.494 e. The maximum Gasteiger partial charge on any atom is 0.270 e. The van der Waals surface area contributed by atoms with Gasteiger partial charge in [-0.15, -0.1) is 0 Å². The Morgan fingerprint density at radius 3 is 2.93 bits per heavy atom. The Bertz CT molecular complexity index is 1240. The molecule has 0 aliphatic heterocycles. The van der Waals surface area contributed by atoms with Gasteiger partial charge in [0.15, 0.2) is 28.0 Å². The zero-order valence-electron chi connectivity index (χ0n) is 14.3. The number of thiazole rings is 1. The third kappa shape index (κ3) is 3.01. The topological polar surface area (TPSA) is 104 Å². The molecule has 3 heterocycles. The van der Waals surface area contributed by atoms with Crippen LogP contribution in [-0.4, -0.2) is 37.1 Å². The molecule has 1 N–H and O–H groups in total. The molecule has 27 heavy (non-hydrogen) atoms. The summed E-state index contributed by atoms with van der Waals surface area (Å²) < 4.78 is 22.2. The number of amides is 1. The fourth-order valence-corrected chi connectivity index (χ4v) is 3.50. The number of anilines is 1. The molecule has 0 saturated heterocycles. The van der Waals surface area contributed by atoms with Crippen molar-refractivity contribution in [3.8, 4) is 5.75 Å². The number of hydrogen-bond acceptors (Lipinski definition) is 7. The number of halogens is 1. The van der Waals surface area contributed by atoms with Crippen LogP contribution < -0.4 is 15.6 Å². The van der Waals surface area contributed by atoms with Crippen LogP contribution in [0.1, 0.15) is 0 Å². The maximum atomic E-state index is 13.8. The second-order valence-corrected chi connectivity index (χ2v) is 6.73. The number of aryl methyl sites for hydroxylation is 1. The smallest absolute Gasteiger partial charge is 0.270 e. The lowest BCUT2D eigenvalue weighted by Crippen LogP contribution is -2.20. The third-order valence-electron chi connectivity index (χ3n) is 3.96. The van der Waals surface area contributed by atoms with Gasteiger partial charge >= 0.3 is 0 Å². The van der Waals surface area contributed by atoms with Crippen LogP contribution in [0.4, 0.5) is 9.52 Å². The second-order valence-electron chi connectivity index (χ2n) is 5.70. The first-order valence-electron chi connectivity index (χ1n) is 7.77. The lowest BCUT2D eigenvalue weighted by molar-refractivity contribution is -0.116. The minimum absolute atomic E-state index is 0.0602. The van der Waals surface area contributed by atoms with Gasteiger partial charge < -0.3 is 14.6 Å². The SMILES string of the molecule is COc1cc2nc(NC(=O)Cn3cnc4c3ncc(=O)n4C)sc2cc1F. The van der Waals surface area contributed by atoms with Crippen molar-refractivity contribution in [1.29, 1.82) is 0 Å². The Balaban J connectivity index is 1.57. The average Bonchev–Trinajstić information content (AvgIpc) is 3.20. The maximum absolute atomic E-state index is 13.8. The third-order valence-corrected chi connectivity index (χ3v) is 4.89. The van der Waals surface area contributed by atoms with E-state index >= 15 is 0 Å². The van der Waals surface area contributed by atoms with E-state index in [1.807, 2.05) is 0 Å². The molecular weight excluding hydrogens is 375 g/mol. The molecule has 1 amide bonds. The van der Waals surface area contributed by atoms with E-state index < -0.39 is 5.82 Å². The summed E-state index contributed by atoms with van der Waals surface area (Å²) in [6, 6.07) is 2.79. The molecule has 0 aliphatic rings. The molecule has 0 radical (unpaired) electrons. The summed E-state index contributed by atoms with van der Waals surface area (Å²) in [5, 5.41) is 3.02. The van der Waals surface area contributed by atoms with Gasteiger partial charge in [0.05, 0.1) is 29.9 Å². The highest BCUT2D eigenvalue weighted by atomic mass is 32.1. The van der Waals surface area contributed by atoms with Crippen LogP contribution in [0.15, 0.2) is 29.5 Å². The van der Waals surface area contributed by atoms with Gasteiger partial charge in [-0.2, -0.15) is 0 Å². The first kappa shape index (κ1) is 17.1. The molecule has 3 aromatic heterocycles. The van der Waals surface area contributed by atoms with Crippen molar-refractivity contribution in [2.45, 2.75) is 6.54 Å². The van der Waals surface area contributed by atoms with Gasteiger partial charge in [0, 0.05) is 13.1 Å². The van der Waals surface area contributed by atoms with Gasteiger partial charge in [-0.1, -0.05) is 11.3 Å². The van der Waals surface area contributed by atoms with Crippen LogP contribution in [0, 0.1) is 5.82 Å². The van der Waals surface area contributed by atoms with Crippen LogP contribution in [0.3, 0.4) is 0 Å². The first-order valence-corrected chi connectivity index (χ1v) is 8.58. The van der Waals surface area contributed by atoms with E-state index in [1.165, 1.54) is 40.9 Å². The standard InChI is InChI=1S/C16H13FN6O3S/c1-22-13(25)5-18-15-14(22)19-7-23(15)6-12(24)21-16-20-9-4-10(26-2)8(17)3-11(9)27-16/h3-5,7H,6H2,1-2H3,(H,20,21,24). The highest BCUT2D eigenvalue weighted by molar-refractivity contribution is 7.22. The number of fused-ring (bicyclic) bond motifs is 2. The zero-order chi connectivity index (χ0) is 19.1. The highest BCUT2D eigenvalue weighted by Crippen LogP contribution is 2.31. The Labute approximate surface area is 155 Å². The lowest BCUT2D eigenvalue weighted by Gasteiger charge is -2.04. The van der Waals surface area contributed by atoms with Gasteiger partial charge in [0.1, 0.15) is 6.54 Å². The highest BCUT2D eigenvalue weighted by Gasteiger charge is 2.14. The van der Waals surface area contributed by atoms with Gasteiger partial charge in [-0.05, 0) is 6.07 Å². The second kappa shape index (κ2) is 6.43. The Morgan fingerprint density at radius 2 is 2.15 bits per heavy atom. The Morgan fingerprint density at radius 1 is 1.33 bits per heavy atom. The van der Waals surface area contributed by atoms with Crippen LogP contribution in [0.2, 0.25) is 0 Å². The number of imidazole rings is 1. The number of nitrogens with one attached hydrogen (secondary N) is 1. The van der Waals surface area contributed by atoms with Crippen molar-refractivity contribution in [2.24, 2.45) is 7.05 Å². The Hall–Kier alpha value is -3.34. The normalized spacial score (nSPS) is 11.2. The summed E-state index contributed by atoms with van der Waals surface area (Å²) in [6.45, 7) is -0.0602. The Kier molecular flexibility index (Phi) is 4.07. The van der Waals surface area contributed by atoms with Gasteiger partial charge in [-0.3, -0.25) is 14.2 Å². The van der Waals surface area contributed by atoms with Crippen molar-refractivity contribution >= 4 is 43.9 Å². The molecule has 4 rings (SSSR count). The van der Waals surface area contributed by atoms with E-state index in [0.717, 1.165) is 11.3 Å². The van der Waals surface area contributed by atoms with E-state index in [-0.39, 0.29) is 23.8 Å². The average molecular weight is 388 g/mol. The summed E-state index contributed by atoms with van der Waals surface area (Å²) in [6.07, 6.45) is 2.61.